The standard InChI is InChI=1S/C12H14O2/c1-2-11-5-7-12(8-6-11)14-10-4-3-9-13/h1,5-8,13H,3-4,9-10H2. The van der Waals surface area contributed by atoms with E-state index in [2.05, 4.69) is 5.92 Å². The third-order valence-electron chi connectivity index (χ3n) is 1.84. The van der Waals surface area contributed by atoms with Gasteiger partial charge in [0.1, 0.15) is 5.75 Å². The Morgan fingerprint density at radius 3 is 2.50 bits per heavy atom. The molecule has 0 radical (unpaired) electrons. The highest BCUT2D eigenvalue weighted by Gasteiger charge is 1.93. The Balaban J connectivity index is 2.33. The highest BCUT2D eigenvalue weighted by molar-refractivity contribution is 5.36. The van der Waals surface area contributed by atoms with E-state index in [1.165, 1.54) is 0 Å². The van der Waals surface area contributed by atoms with Crippen LogP contribution in [0.1, 0.15) is 18.4 Å². The predicted octanol–water partition coefficient (Wildman–Crippen LogP) is 1.82. The first-order valence-electron chi connectivity index (χ1n) is 4.67. The zero-order chi connectivity index (χ0) is 10.2. The van der Waals surface area contributed by atoms with E-state index in [-0.39, 0.29) is 6.61 Å². The maximum atomic E-state index is 8.55. The van der Waals surface area contributed by atoms with Gasteiger partial charge in [-0.3, -0.25) is 0 Å². The minimum Gasteiger partial charge on any atom is -0.494 e. The number of terminal acetylenes is 1. The van der Waals surface area contributed by atoms with Crippen molar-refractivity contribution in [3.05, 3.63) is 29.8 Å². The smallest absolute Gasteiger partial charge is 0.119 e. The maximum Gasteiger partial charge on any atom is 0.119 e. The van der Waals surface area contributed by atoms with Crippen LogP contribution in [-0.4, -0.2) is 18.3 Å². The van der Waals surface area contributed by atoms with Crippen molar-refractivity contribution < 1.29 is 9.84 Å². The molecule has 0 amide bonds. The first-order chi connectivity index (χ1) is 6.86. The van der Waals surface area contributed by atoms with Crippen LogP contribution in [0, 0.1) is 12.3 Å². The Morgan fingerprint density at radius 1 is 1.21 bits per heavy atom. The van der Waals surface area contributed by atoms with Crippen molar-refractivity contribution in [2.75, 3.05) is 13.2 Å². The van der Waals surface area contributed by atoms with E-state index in [0.29, 0.717) is 6.61 Å². The van der Waals surface area contributed by atoms with Crippen LogP contribution >= 0.6 is 0 Å². The van der Waals surface area contributed by atoms with Gasteiger partial charge >= 0.3 is 0 Å². The van der Waals surface area contributed by atoms with E-state index >= 15 is 0 Å². The van der Waals surface area contributed by atoms with Gasteiger partial charge in [-0.2, -0.15) is 0 Å². The van der Waals surface area contributed by atoms with Crippen molar-refractivity contribution in [2.24, 2.45) is 0 Å². The van der Waals surface area contributed by atoms with Crippen molar-refractivity contribution >= 4 is 0 Å². The molecule has 0 aromatic heterocycles. The highest BCUT2D eigenvalue weighted by atomic mass is 16.5. The van der Waals surface area contributed by atoms with Crippen LogP contribution in [0.5, 0.6) is 5.75 Å². The van der Waals surface area contributed by atoms with Gasteiger partial charge < -0.3 is 9.84 Å². The number of aliphatic hydroxyl groups excluding tert-OH is 1. The van der Waals surface area contributed by atoms with Crippen LogP contribution < -0.4 is 4.74 Å². The van der Waals surface area contributed by atoms with Crippen molar-refractivity contribution in [3.63, 3.8) is 0 Å². The van der Waals surface area contributed by atoms with Crippen LogP contribution in [0.15, 0.2) is 24.3 Å². The molecule has 0 saturated carbocycles. The molecule has 1 aromatic carbocycles. The number of aliphatic hydroxyl groups is 1. The lowest BCUT2D eigenvalue weighted by Crippen LogP contribution is -1.98. The first kappa shape index (κ1) is 10.6. The van der Waals surface area contributed by atoms with E-state index in [1.807, 2.05) is 24.3 Å². The van der Waals surface area contributed by atoms with E-state index in [9.17, 15) is 0 Å². The summed E-state index contributed by atoms with van der Waals surface area (Å²) in [6, 6.07) is 7.41. The van der Waals surface area contributed by atoms with E-state index in [0.717, 1.165) is 24.2 Å². The Labute approximate surface area is 84.5 Å². The topological polar surface area (TPSA) is 29.5 Å². The van der Waals surface area contributed by atoms with Crippen molar-refractivity contribution in [2.45, 2.75) is 12.8 Å². The van der Waals surface area contributed by atoms with E-state index < -0.39 is 0 Å². The molecule has 0 saturated heterocycles. The minimum absolute atomic E-state index is 0.222. The molecule has 0 unspecified atom stereocenters. The molecule has 74 valence electrons. The lowest BCUT2D eigenvalue weighted by atomic mass is 10.2. The van der Waals surface area contributed by atoms with Gasteiger partial charge in [0, 0.05) is 12.2 Å². The summed E-state index contributed by atoms with van der Waals surface area (Å²) >= 11 is 0. The maximum absolute atomic E-state index is 8.55. The second-order valence-electron chi connectivity index (χ2n) is 2.95. The lowest BCUT2D eigenvalue weighted by molar-refractivity contribution is 0.253. The van der Waals surface area contributed by atoms with Crippen LogP contribution in [-0.2, 0) is 0 Å². The summed E-state index contributed by atoms with van der Waals surface area (Å²) in [5, 5.41) is 8.55. The summed E-state index contributed by atoms with van der Waals surface area (Å²) < 4.78 is 5.43. The van der Waals surface area contributed by atoms with Crippen LogP contribution in [0.3, 0.4) is 0 Å². The summed E-state index contributed by atoms with van der Waals surface area (Å²) in [4.78, 5) is 0. The molecular weight excluding hydrogens is 176 g/mol. The number of rotatable bonds is 5. The van der Waals surface area contributed by atoms with Gasteiger partial charge in [0.25, 0.3) is 0 Å². The first-order valence-corrected chi connectivity index (χ1v) is 4.67. The Hall–Kier alpha value is -1.46. The molecule has 1 N–H and O–H groups in total. The SMILES string of the molecule is C#Cc1ccc(OCCCCO)cc1. The van der Waals surface area contributed by atoms with Gasteiger partial charge in [0.15, 0.2) is 0 Å². The Morgan fingerprint density at radius 2 is 1.93 bits per heavy atom. The molecule has 0 heterocycles. The van der Waals surface area contributed by atoms with Gasteiger partial charge in [-0.05, 0) is 37.1 Å². The van der Waals surface area contributed by atoms with Gasteiger partial charge in [0.05, 0.1) is 6.61 Å². The zero-order valence-corrected chi connectivity index (χ0v) is 8.07. The quantitative estimate of drug-likeness (QED) is 0.567. The molecule has 14 heavy (non-hydrogen) atoms. The number of hydrogen-bond donors (Lipinski definition) is 1. The second-order valence-corrected chi connectivity index (χ2v) is 2.95. The fourth-order valence-electron chi connectivity index (χ4n) is 1.05. The Kier molecular flexibility index (Phi) is 4.60. The fraction of sp³-hybridized carbons (Fsp3) is 0.333. The summed E-state index contributed by atoms with van der Waals surface area (Å²) in [5.74, 6) is 3.36. The lowest BCUT2D eigenvalue weighted by Gasteiger charge is -2.04. The predicted molar refractivity (Wildman–Crippen MR) is 56.2 cm³/mol. The molecule has 0 spiro atoms. The van der Waals surface area contributed by atoms with Crippen molar-refractivity contribution in [3.8, 4) is 18.1 Å². The molecule has 2 heteroatoms. The molecule has 2 nitrogen and oxygen atoms in total. The molecule has 0 atom stereocenters. The number of unbranched alkanes of at least 4 members (excludes halogenated alkanes) is 1. The third kappa shape index (κ3) is 3.51. The number of ether oxygens (including phenoxy) is 1. The van der Waals surface area contributed by atoms with E-state index in [1.54, 1.807) is 0 Å². The van der Waals surface area contributed by atoms with Gasteiger partial charge in [0.2, 0.25) is 0 Å². The Bertz CT molecular complexity index is 295. The summed E-state index contributed by atoms with van der Waals surface area (Å²) in [6.07, 6.45) is 6.87. The molecule has 0 aliphatic carbocycles. The minimum atomic E-state index is 0.222. The van der Waals surface area contributed by atoms with Gasteiger partial charge in [-0.25, -0.2) is 0 Å². The van der Waals surface area contributed by atoms with Crippen molar-refractivity contribution in [1.29, 1.82) is 0 Å². The molecule has 0 aliphatic rings. The second kappa shape index (κ2) is 6.06. The average molecular weight is 190 g/mol. The molecule has 0 bridgehead atoms. The monoisotopic (exact) mass is 190 g/mol. The van der Waals surface area contributed by atoms with Crippen LogP contribution in [0.4, 0.5) is 0 Å². The molecule has 1 aromatic rings. The normalized spacial score (nSPS) is 9.43. The summed E-state index contributed by atoms with van der Waals surface area (Å²) in [5.41, 5.74) is 0.854. The molecule has 0 aliphatic heterocycles. The van der Waals surface area contributed by atoms with E-state index in [4.69, 9.17) is 16.3 Å². The fourth-order valence-corrected chi connectivity index (χ4v) is 1.05. The number of hydrogen-bond acceptors (Lipinski definition) is 2. The van der Waals surface area contributed by atoms with Crippen LogP contribution in [0.25, 0.3) is 0 Å². The molecule has 0 fully saturated rings. The zero-order valence-electron chi connectivity index (χ0n) is 8.07. The summed E-state index contributed by atoms with van der Waals surface area (Å²) in [7, 11) is 0. The van der Waals surface area contributed by atoms with Gasteiger partial charge in [-0.15, -0.1) is 6.42 Å². The highest BCUT2D eigenvalue weighted by Crippen LogP contribution is 2.11. The van der Waals surface area contributed by atoms with Gasteiger partial charge in [-0.1, -0.05) is 5.92 Å². The molecular formula is C12H14O2. The number of benzene rings is 1. The summed E-state index contributed by atoms with van der Waals surface area (Å²) in [6.45, 7) is 0.856. The van der Waals surface area contributed by atoms with Crippen LogP contribution in [0.2, 0.25) is 0 Å². The largest absolute Gasteiger partial charge is 0.494 e. The third-order valence-corrected chi connectivity index (χ3v) is 1.84. The molecule has 1 rings (SSSR count). The van der Waals surface area contributed by atoms with Crippen molar-refractivity contribution in [1.82, 2.24) is 0 Å². The average Bonchev–Trinajstić information content (AvgIpc) is 2.25.